The van der Waals surface area contributed by atoms with Crippen LogP contribution < -0.4 is 10.1 Å². The first-order valence-electron chi connectivity index (χ1n) is 6.24. The molecule has 0 aliphatic carbocycles. The van der Waals surface area contributed by atoms with Crippen molar-refractivity contribution in [2.24, 2.45) is 0 Å². The van der Waals surface area contributed by atoms with E-state index in [1.807, 2.05) is 0 Å². The first kappa shape index (κ1) is 17.2. The standard InChI is InChI=1S/C13H16N2O5.ClH/c1-8-3-4-12(11(5-8)15(17)18)20-9-6-10(14-7-9)13(16)19-2;/h3-5,9-10,14H,6-7H2,1-2H3;1H/t9-,10-;/m0./s1. The number of nitrogens with one attached hydrogen (secondary N) is 1. The van der Waals surface area contributed by atoms with Crippen molar-refractivity contribution in [3.05, 3.63) is 33.9 Å². The lowest BCUT2D eigenvalue weighted by atomic mass is 10.2. The second-order valence-corrected chi connectivity index (χ2v) is 4.69. The summed E-state index contributed by atoms with van der Waals surface area (Å²) in [6.07, 6.45) is 0.137. The van der Waals surface area contributed by atoms with Gasteiger partial charge in [0.05, 0.1) is 12.0 Å². The average Bonchev–Trinajstić information content (AvgIpc) is 2.88. The van der Waals surface area contributed by atoms with E-state index in [2.05, 4.69) is 10.1 Å². The van der Waals surface area contributed by atoms with E-state index < -0.39 is 11.0 Å². The minimum atomic E-state index is -0.470. The molecule has 1 fully saturated rings. The highest BCUT2D eigenvalue weighted by Gasteiger charge is 2.32. The van der Waals surface area contributed by atoms with E-state index in [9.17, 15) is 14.9 Å². The van der Waals surface area contributed by atoms with Crippen LogP contribution in [0, 0.1) is 17.0 Å². The third-order valence-corrected chi connectivity index (χ3v) is 3.18. The predicted octanol–water partition coefficient (Wildman–Crippen LogP) is 1.61. The molecule has 0 unspecified atom stereocenters. The van der Waals surface area contributed by atoms with E-state index in [4.69, 9.17) is 4.74 Å². The Morgan fingerprint density at radius 1 is 1.48 bits per heavy atom. The molecule has 1 aromatic rings. The summed E-state index contributed by atoms with van der Waals surface area (Å²) < 4.78 is 10.3. The summed E-state index contributed by atoms with van der Waals surface area (Å²) in [5.41, 5.74) is 0.729. The minimum absolute atomic E-state index is 0. The van der Waals surface area contributed by atoms with Crippen molar-refractivity contribution in [3.8, 4) is 5.75 Å². The highest BCUT2D eigenvalue weighted by molar-refractivity contribution is 5.85. The van der Waals surface area contributed by atoms with Gasteiger partial charge in [0, 0.05) is 19.0 Å². The number of esters is 1. The Balaban J connectivity index is 0.00000220. The Morgan fingerprint density at radius 2 is 2.19 bits per heavy atom. The maximum Gasteiger partial charge on any atom is 0.323 e. The van der Waals surface area contributed by atoms with Gasteiger partial charge in [-0.2, -0.15) is 0 Å². The largest absolute Gasteiger partial charge is 0.482 e. The van der Waals surface area contributed by atoms with Gasteiger partial charge >= 0.3 is 11.7 Å². The Morgan fingerprint density at radius 3 is 2.81 bits per heavy atom. The van der Waals surface area contributed by atoms with Gasteiger partial charge in [-0.15, -0.1) is 12.4 Å². The van der Waals surface area contributed by atoms with Crippen LogP contribution in [0.3, 0.4) is 0 Å². The molecule has 0 bridgehead atoms. The summed E-state index contributed by atoms with van der Waals surface area (Å²) in [5.74, 6) is -0.132. The van der Waals surface area contributed by atoms with E-state index in [0.29, 0.717) is 13.0 Å². The van der Waals surface area contributed by atoms with Gasteiger partial charge in [0.2, 0.25) is 0 Å². The van der Waals surface area contributed by atoms with Crippen LogP contribution in [0.5, 0.6) is 5.75 Å². The number of ether oxygens (including phenoxy) is 2. The number of hydrogen-bond donors (Lipinski definition) is 1. The topological polar surface area (TPSA) is 90.7 Å². The summed E-state index contributed by atoms with van der Waals surface area (Å²) in [4.78, 5) is 21.9. The lowest BCUT2D eigenvalue weighted by molar-refractivity contribution is -0.386. The smallest absolute Gasteiger partial charge is 0.323 e. The van der Waals surface area contributed by atoms with Gasteiger partial charge < -0.3 is 14.8 Å². The second-order valence-electron chi connectivity index (χ2n) is 4.69. The van der Waals surface area contributed by atoms with Crippen LogP contribution in [0.4, 0.5) is 5.69 Å². The molecule has 1 heterocycles. The van der Waals surface area contributed by atoms with E-state index >= 15 is 0 Å². The second kappa shape index (κ2) is 7.24. The quantitative estimate of drug-likeness (QED) is 0.515. The maximum atomic E-state index is 11.4. The van der Waals surface area contributed by atoms with Crippen molar-refractivity contribution < 1.29 is 19.2 Å². The summed E-state index contributed by atoms with van der Waals surface area (Å²) >= 11 is 0. The molecular formula is C13H17ClN2O5. The molecule has 1 aliphatic rings. The zero-order valence-corrected chi connectivity index (χ0v) is 12.5. The number of carbonyl (C=O) groups excluding carboxylic acids is 1. The number of nitro benzene ring substituents is 1. The number of carbonyl (C=O) groups is 1. The molecular weight excluding hydrogens is 300 g/mol. The number of halogens is 1. The first-order chi connectivity index (χ1) is 9.51. The summed E-state index contributed by atoms with van der Waals surface area (Å²) in [6, 6.07) is 4.38. The van der Waals surface area contributed by atoms with Crippen LogP contribution >= 0.6 is 12.4 Å². The monoisotopic (exact) mass is 316 g/mol. The third-order valence-electron chi connectivity index (χ3n) is 3.18. The molecule has 8 heteroatoms. The van der Waals surface area contributed by atoms with Gasteiger partial charge in [-0.3, -0.25) is 14.9 Å². The van der Waals surface area contributed by atoms with Crippen LogP contribution in [-0.4, -0.2) is 36.7 Å². The first-order valence-corrected chi connectivity index (χ1v) is 6.24. The molecule has 2 atom stereocenters. The number of benzene rings is 1. The number of rotatable bonds is 4. The van der Waals surface area contributed by atoms with Crippen molar-refractivity contribution in [1.29, 1.82) is 0 Å². The molecule has 2 rings (SSSR count). The predicted molar refractivity (Wildman–Crippen MR) is 77.9 cm³/mol. The number of nitro groups is 1. The molecule has 116 valence electrons. The van der Waals surface area contributed by atoms with Gasteiger partial charge in [-0.25, -0.2) is 0 Å². The van der Waals surface area contributed by atoms with Gasteiger partial charge in [0.25, 0.3) is 0 Å². The molecule has 0 spiro atoms. The average molecular weight is 317 g/mol. The van der Waals surface area contributed by atoms with Crippen LogP contribution in [0.2, 0.25) is 0 Å². The third kappa shape index (κ3) is 4.05. The number of aryl methyl sites for hydroxylation is 1. The zero-order valence-electron chi connectivity index (χ0n) is 11.7. The Bertz CT molecular complexity index is 537. The molecule has 0 aromatic heterocycles. The molecule has 1 aromatic carbocycles. The molecule has 21 heavy (non-hydrogen) atoms. The lowest BCUT2D eigenvalue weighted by Crippen LogP contribution is -2.31. The van der Waals surface area contributed by atoms with Crippen molar-refractivity contribution in [2.45, 2.75) is 25.5 Å². The maximum absolute atomic E-state index is 11.4. The fourth-order valence-electron chi connectivity index (χ4n) is 2.16. The van der Waals surface area contributed by atoms with E-state index in [0.717, 1.165) is 5.56 Å². The summed E-state index contributed by atoms with van der Waals surface area (Å²) in [5, 5.41) is 14.0. The van der Waals surface area contributed by atoms with Crippen molar-refractivity contribution in [2.75, 3.05) is 13.7 Å². The molecule has 1 aliphatic heterocycles. The summed E-state index contributed by atoms with van der Waals surface area (Å²) in [7, 11) is 1.32. The highest BCUT2D eigenvalue weighted by Crippen LogP contribution is 2.29. The molecule has 1 saturated heterocycles. The van der Waals surface area contributed by atoms with Crippen molar-refractivity contribution in [3.63, 3.8) is 0 Å². The normalized spacial score (nSPS) is 20.5. The van der Waals surface area contributed by atoms with E-state index in [1.165, 1.54) is 13.2 Å². The van der Waals surface area contributed by atoms with E-state index in [-0.39, 0.29) is 35.9 Å². The zero-order chi connectivity index (χ0) is 14.7. The van der Waals surface area contributed by atoms with Crippen molar-refractivity contribution in [1.82, 2.24) is 5.32 Å². The minimum Gasteiger partial charge on any atom is -0.482 e. The van der Waals surface area contributed by atoms with Crippen LogP contribution in [-0.2, 0) is 9.53 Å². The van der Waals surface area contributed by atoms with Gasteiger partial charge in [0.1, 0.15) is 12.1 Å². The SMILES string of the molecule is COC(=O)[C@@H]1C[C@H](Oc2ccc(C)cc2[N+](=O)[O-])CN1.Cl. The van der Waals surface area contributed by atoms with E-state index in [1.54, 1.807) is 19.1 Å². The Kier molecular flexibility index (Phi) is 5.92. The van der Waals surface area contributed by atoms with Gasteiger partial charge in [0.15, 0.2) is 5.75 Å². The van der Waals surface area contributed by atoms with Crippen LogP contribution in [0.15, 0.2) is 18.2 Å². The highest BCUT2D eigenvalue weighted by atomic mass is 35.5. The number of nitrogens with zero attached hydrogens (tertiary/aromatic N) is 1. The Hall–Kier alpha value is -1.86. The molecule has 1 N–H and O–H groups in total. The fourth-order valence-corrected chi connectivity index (χ4v) is 2.16. The molecule has 0 saturated carbocycles. The fraction of sp³-hybridized carbons (Fsp3) is 0.462. The van der Waals surface area contributed by atoms with Gasteiger partial charge in [-0.05, 0) is 18.6 Å². The number of methoxy groups -OCH3 is 1. The number of hydrogen-bond acceptors (Lipinski definition) is 6. The Labute approximate surface area is 128 Å². The lowest BCUT2D eigenvalue weighted by Gasteiger charge is -2.13. The van der Waals surface area contributed by atoms with Crippen LogP contribution in [0.25, 0.3) is 0 Å². The molecule has 7 nitrogen and oxygen atoms in total. The van der Waals surface area contributed by atoms with Gasteiger partial charge in [-0.1, -0.05) is 6.07 Å². The van der Waals surface area contributed by atoms with Crippen molar-refractivity contribution >= 4 is 24.1 Å². The van der Waals surface area contributed by atoms with Crippen LogP contribution in [0.1, 0.15) is 12.0 Å². The summed E-state index contributed by atoms with van der Waals surface area (Å²) in [6.45, 7) is 2.23. The molecule has 0 radical (unpaired) electrons. The molecule has 0 amide bonds.